The van der Waals surface area contributed by atoms with E-state index in [0.29, 0.717) is 5.57 Å². The van der Waals surface area contributed by atoms with E-state index in [9.17, 15) is 5.26 Å². The number of rotatable bonds is 4. The average Bonchev–Trinajstić information content (AvgIpc) is 3.09. The Morgan fingerprint density at radius 1 is 1.00 bits per heavy atom. The maximum Gasteiger partial charge on any atom is 0.116 e. The van der Waals surface area contributed by atoms with Gasteiger partial charge in [-0.05, 0) is 17.7 Å². The predicted molar refractivity (Wildman–Crippen MR) is 96.6 cm³/mol. The second-order valence-corrected chi connectivity index (χ2v) is 5.74. The molecule has 0 aliphatic heterocycles. The van der Waals surface area contributed by atoms with Gasteiger partial charge in [0.1, 0.15) is 5.01 Å². The summed E-state index contributed by atoms with van der Waals surface area (Å²) >= 11 is 1.59. The van der Waals surface area contributed by atoms with E-state index in [1.165, 1.54) is 0 Å². The first-order valence-electron chi connectivity index (χ1n) is 7.21. The lowest BCUT2D eigenvalue weighted by atomic mass is 10.1. The van der Waals surface area contributed by atoms with Crippen LogP contribution in [0.25, 0.3) is 22.9 Å². The molecule has 0 aliphatic carbocycles. The molecule has 0 amide bonds. The van der Waals surface area contributed by atoms with Gasteiger partial charge in [-0.2, -0.15) is 5.26 Å². The third-order valence-corrected chi connectivity index (χ3v) is 4.11. The molecule has 0 unspecified atom stereocenters. The van der Waals surface area contributed by atoms with Crippen LogP contribution in [0.15, 0.2) is 78.2 Å². The molecule has 3 heteroatoms. The van der Waals surface area contributed by atoms with Gasteiger partial charge in [0.2, 0.25) is 0 Å². The first kappa shape index (κ1) is 15.0. The van der Waals surface area contributed by atoms with Crippen molar-refractivity contribution in [1.82, 2.24) is 4.98 Å². The van der Waals surface area contributed by atoms with E-state index in [4.69, 9.17) is 0 Å². The van der Waals surface area contributed by atoms with Crippen LogP contribution in [-0.2, 0) is 0 Å². The Morgan fingerprint density at radius 3 is 2.39 bits per heavy atom. The summed E-state index contributed by atoms with van der Waals surface area (Å²) in [6.07, 6.45) is 5.62. The Bertz CT molecular complexity index is 869. The highest BCUT2D eigenvalue weighted by Gasteiger charge is 2.01. The number of thiazole rings is 1. The number of hydrogen-bond donors (Lipinski definition) is 0. The normalized spacial score (nSPS) is 11.5. The fourth-order valence-electron chi connectivity index (χ4n) is 2.15. The number of aromatic nitrogens is 1. The zero-order valence-corrected chi connectivity index (χ0v) is 13.2. The molecule has 0 saturated heterocycles. The summed E-state index contributed by atoms with van der Waals surface area (Å²) in [5, 5.41) is 12.2. The largest absolute Gasteiger partial charge is 0.237 e. The second kappa shape index (κ2) is 7.35. The van der Waals surface area contributed by atoms with Crippen molar-refractivity contribution in [3.05, 3.63) is 88.8 Å². The first-order chi connectivity index (χ1) is 11.4. The van der Waals surface area contributed by atoms with Crippen LogP contribution in [-0.4, -0.2) is 4.98 Å². The van der Waals surface area contributed by atoms with Gasteiger partial charge in [0.05, 0.1) is 17.3 Å². The van der Waals surface area contributed by atoms with Gasteiger partial charge in [-0.3, -0.25) is 0 Å². The summed E-state index contributed by atoms with van der Waals surface area (Å²) in [6.45, 7) is 0. The van der Waals surface area contributed by atoms with Crippen molar-refractivity contribution in [2.24, 2.45) is 0 Å². The quantitative estimate of drug-likeness (QED) is 0.475. The molecule has 1 aromatic heterocycles. The second-order valence-electron chi connectivity index (χ2n) is 4.85. The van der Waals surface area contributed by atoms with E-state index in [1.807, 2.05) is 84.3 Å². The lowest BCUT2D eigenvalue weighted by Crippen LogP contribution is -1.79. The molecule has 3 aromatic rings. The van der Waals surface area contributed by atoms with E-state index < -0.39 is 0 Å². The van der Waals surface area contributed by atoms with Gasteiger partial charge in [-0.15, -0.1) is 11.3 Å². The topological polar surface area (TPSA) is 36.7 Å². The molecule has 0 N–H and O–H groups in total. The molecule has 0 radical (unpaired) electrons. The smallest absolute Gasteiger partial charge is 0.116 e. The molecular weight excluding hydrogens is 300 g/mol. The number of hydrogen-bond acceptors (Lipinski definition) is 3. The van der Waals surface area contributed by atoms with Gasteiger partial charge >= 0.3 is 0 Å². The van der Waals surface area contributed by atoms with Crippen molar-refractivity contribution in [1.29, 1.82) is 5.26 Å². The van der Waals surface area contributed by atoms with Crippen LogP contribution >= 0.6 is 11.3 Å². The molecule has 0 aliphatic rings. The van der Waals surface area contributed by atoms with Crippen LogP contribution in [0, 0.1) is 11.3 Å². The van der Waals surface area contributed by atoms with Crippen LogP contribution in [0.5, 0.6) is 0 Å². The summed E-state index contributed by atoms with van der Waals surface area (Å²) < 4.78 is 0. The van der Waals surface area contributed by atoms with E-state index in [1.54, 1.807) is 11.3 Å². The lowest BCUT2D eigenvalue weighted by molar-refractivity contribution is 1.38. The number of nitriles is 1. The minimum absolute atomic E-state index is 0.640. The van der Waals surface area contributed by atoms with Crippen molar-refractivity contribution >= 4 is 23.0 Å². The highest BCUT2D eigenvalue weighted by molar-refractivity contribution is 7.10. The predicted octanol–water partition coefficient (Wildman–Crippen LogP) is 5.43. The van der Waals surface area contributed by atoms with Crippen LogP contribution in [0.1, 0.15) is 10.6 Å². The van der Waals surface area contributed by atoms with Gasteiger partial charge in [-0.1, -0.05) is 66.7 Å². The molecular formula is C20H14N2S. The summed E-state index contributed by atoms with van der Waals surface area (Å²) in [4.78, 5) is 4.60. The molecule has 110 valence electrons. The summed E-state index contributed by atoms with van der Waals surface area (Å²) in [5.74, 6) is 0. The lowest BCUT2D eigenvalue weighted by Gasteiger charge is -1.95. The molecule has 0 spiro atoms. The van der Waals surface area contributed by atoms with Gasteiger partial charge in [0.25, 0.3) is 0 Å². The van der Waals surface area contributed by atoms with Crippen LogP contribution in [0.2, 0.25) is 0 Å². The van der Waals surface area contributed by atoms with Gasteiger partial charge in [-0.25, -0.2) is 4.98 Å². The summed E-state index contributed by atoms with van der Waals surface area (Å²) in [7, 11) is 0. The Kier molecular flexibility index (Phi) is 4.78. The highest BCUT2D eigenvalue weighted by Crippen LogP contribution is 2.22. The summed E-state index contributed by atoms with van der Waals surface area (Å²) in [6, 6.07) is 22.0. The van der Waals surface area contributed by atoms with Gasteiger partial charge in [0, 0.05) is 10.9 Å². The third-order valence-electron chi connectivity index (χ3n) is 3.30. The Hall–Kier alpha value is -2.96. The van der Waals surface area contributed by atoms with Crippen molar-refractivity contribution in [2.75, 3.05) is 0 Å². The van der Waals surface area contributed by atoms with E-state index in [-0.39, 0.29) is 0 Å². The van der Waals surface area contributed by atoms with Gasteiger partial charge < -0.3 is 0 Å². The monoisotopic (exact) mass is 314 g/mol. The Balaban J connectivity index is 1.77. The average molecular weight is 314 g/mol. The Morgan fingerprint density at radius 2 is 1.70 bits per heavy atom. The van der Waals surface area contributed by atoms with E-state index in [0.717, 1.165) is 21.8 Å². The molecule has 0 fully saturated rings. The van der Waals surface area contributed by atoms with Crippen molar-refractivity contribution < 1.29 is 0 Å². The molecule has 0 bridgehead atoms. The maximum atomic E-state index is 9.26. The molecule has 2 aromatic carbocycles. The SMILES string of the molecule is N#CC(=CC=Cc1nc(-c2ccccc2)cs1)c1ccccc1. The molecule has 3 rings (SSSR count). The van der Waals surface area contributed by atoms with E-state index >= 15 is 0 Å². The number of allylic oxidation sites excluding steroid dienone is 3. The van der Waals surface area contributed by atoms with E-state index in [2.05, 4.69) is 11.1 Å². The molecule has 2 nitrogen and oxygen atoms in total. The minimum atomic E-state index is 0.640. The van der Waals surface area contributed by atoms with Crippen molar-refractivity contribution in [3.8, 4) is 17.3 Å². The van der Waals surface area contributed by atoms with Crippen molar-refractivity contribution in [3.63, 3.8) is 0 Å². The summed E-state index contributed by atoms with van der Waals surface area (Å²) in [5.41, 5.74) is 3.65. The first-order valence-corrected chi connectivity index (χ1v) is 8.09. The number of benzene rings is 2. The zero-order chi connectivity index (χ0) is 15.9. The van der Waals surface area contributed by atoms with Gasteiger partial charge in [0.15, 0.2) is 0 Å². The maximum absolute atomic E-state index is 9.26. The molecule has 0 atom stereocenters. The fraction of sp³-hybridized carbons (Fsp3) is 0. The van der Waals surface area contributed by atoms with Crippen LogP contribution in [0.3, 0.4) is 0 Å². The fourth-order valence-corrected chi connectivity index (χ4v) is 2.88. The third kappa shape index (κ3) is 3.82. The number of nitrogens with zero attached hydrogens (tertiary/aromatic N) is 2. The Labute approximate surface area is 139 Å². The molecule has 0 saturated carbocycles. The highest BCUT2D eigenvalue weighted by atomic mass is 32.1. The van der Waals surface area contributed by atoms with Crippen LogP contribution < -0.4 is 0 Å². The standard InChI is InChI=1S/C20H14N2S/c21-14-18(16-8-3-1-4-9-16)12-7-13-20-22-19(15-23-20)17-10-5-2-6-11-17/h1-13,15H. The van der Waals surface area contributed by atoms with Crippen LogP contribution in [0.4, 0.5) is 0 Å². The zero-order valence-electron chi connectivity index (χ0n) is 12.4. The molecule has 1 heterocycles. The van der Waals surface area contributed by atoms with Crippen molar-refractivity contribution in [2.45, 2.75) is 0 Å². The minimum Gasteiger partial charge on any atom is -0.237 e. The molecule has 23 heavy (non-hydrogen) atoms.